The first-order chi connectivity index (χ1) is 11.8. The van der Waals surface area contributed by atoms with Gasteiger partial charge in [0.05, 0.1) is 25.2 Å². The maximum Gasteiger partial charge on any atom is 0.326 e. The van der Waals surface area contributed by atoms with Crippen LogP contribution in [-0.2, 0) is 14.3 Å². The molecule has 1 aromatic rings. The summed E-state index contributed by atoms with van der Waals surface area (Å²) in [4.78, 5) is 37.3. The average molecular weight is 365 g/mol. The summed E-state index contributed by atoms with van der Waals surface area (Å²) in [5, 5.41) is -0.515. The van der Waals surface area contributed by atoms with E-state index in [0.717, 1.165) is 16.7 Å². The van der Waals surface area contributed by atoms with Crippen LogP contribution in [0.4, 0.5) is 4.79 Å². The molecular weight excluding hydrogens is 346 g/mol. The molecule has 2 amide bonds. The summed E-state index contributed by atoms with van der Waals surface area (Å²) in [6.07, 6.45) is 1.23. The predicted octanol–water partition coefficient (Wildman–Crippen LogP) is 2.69. The largest absolute Gasteiger partial charge is 0.497 e. The van der Waals surface area contributed by atoms with Crippen molar-refractivity contribution in [2.75, 3.05) is 20.8 Å². The van der Waals surface area contributed by atoms with Crippen molar-refractivity contribution in [3.05, 3.63) is 28.7 Å². The van der Waals surface area contributed by atoms with E-state index in [0.29, 0.717) is 17.1 Å². The van der Waals surface area contributed by atoms with Crippen molar-refractivity contribution in [3.8, 4) is 11.5 Å². The second-order valence-corrected chi connectivity index (χ2v) is 6.41. The van der Waals surface area contributed by atoms with Crippen molar-refractivity contribution in [2.24, 2.45) is 0 Å². The Labute approximate surface area is 149 Å². The number of methoxy groups -OCH3 is 2. The van der Waals surface area contributed by atoms with Gasteiger partial charge in [-0.05, 0) is 49.9 Å². The molecule has 1 aromatic carbocycles. The molecule has 0 aliphatic carbocycles. The molecule has 0 spiro atoms. The highest BCUT2D eigenvalue weighted by Gasteiger charge is 2.37. The summed E-state index contributed by atoms with van der Waals surface area (Å²) in [7, 11) is 3.03. The number of hydrogen-bond donors (Lipinski definition) is 0. The molecule has 1 aliphatic rings. The van der Waals surface area contributed by atoms with Crippen LogP contribution in [0, 0.1) is 0 Å². The highest BCUT2D eigenvalue weighted by molar-refractivity contribution is 8.18. The number of carbonyl (C=O) groups is 3. The molecule has 0 N–H and O–H groups in total. The van der Waals surface area contributed by atoms with Crippen LogP contribution in [0.3, 0.4) is 0 Å². The van der Waals surface area contributed by atoms with Crippen molar-refractivity contribution < 1.29 is 28.6 Å². The zero-order valence-electron chi connectivity index (χ0n) is 14.4. The van der Waals surface area contributed by atoms with Gasteiger partial charge in [-0.2, -0.15) is 0 Å². The van der Waals surface area contributed by atoms with Crippen molar-refractivity contribution >= 4 is 35.0 Å². The van der Waals surface area contributed by atoms with Crippen LogP contribution in [0.1, 0.15) is 19.4 Å². The van der Waals surface area contributed by atoms with E-state index < -0.39 is 23.7 Å². The molecule has 0 atom stereocenters. The van der Waals surface area contributed by atoms with Crippen LogP contribution < -0.4 is 9.47 Å². The van der Waals surface area contributed by atoms with Gasteiger partial charge in [0.15, 0.2) is 0 Å². The molecule has 0 saturated carbocycles. The van der Waals surface area contributed by atoms with E-state index in [1.807, 2.05) is 0 Å². The number of carbonyl (C=O) groups excluding carboxylic acids is 3. The van der Waals surface area contributed by atoms with Crippen LogP contribution in [-0.4, -0.2) is 48.9 Å². The molecule has 0 unspecified atom stereocenters. The molecule has 1 aliphatic heterocycles. The van der Waals surface area contributed by atoms with Crippen LogP contribution in [0.15, 0.2) is 23.1 Å². The Morgan fingerprint density at radius 2 is 1.96 bits per heavy atom. The summed E-state index contributed by atoms with van der Waals surface area (Å²) in [5.41, 5.74) is 0.595. The number of esters is 1. The normalized spacial score (nSPS) is 15.9. The first kappa shape index (κ1) is 18.9. The minimum Gasteiger partial charge on any atom is -0.497 e. The monoisotopic (exact) mass is 365 g/mol. The third kappa shape index (κ3) is 4.54. The number of thioether (sulfide) groups is 1. The van der Waals surface area contributed by atoms with Crippen LogP contribution >= 0.6 is 11.8 Å². The van der Waals surface area contributed by atoms with Gasteiger partial charge in [0.25, 0.3) is 11.1 Å². The second kappa shape index (κ2) is 8.06. The Kier molecular flexibility index (Phi) is 6.08. The summed E-state index contributed by atoms with van der Waals surface area (Å²) < 4.78 is 15.4. The summed E-state index contributed by atoms with van der Waals surface area (Å²) in [6.45, 7) is 2.98. The van der Waals surface area contributed by atoms with Gasteiger partial charge in [-0.15, -0.1) is 0 Å². The van der Waals surface area contributed by atoms with E-state index in [-0.39, 0.29) is 11.0 Å². The molecule has 134 valence electrons. The number of amides is 2. The van der Waals surface area contributed by atoms with Gasteiger partial charge < -0.3 is 14.2 Å². The Morgan fingerprint density at radius 1 is 1.24 bits per heavy atom. The maximum absolute atomic E-state index is 12.4. The Hall–Kier alpha value is -2.48. The molecule has 1 saturated heterocycles. The summed E-state index contributed by atoms with van der Waals surface area (Å²) >= 11 is 0.765. The second-order valence-electron chi connectivity index (χ2n) is 5.41. The molecule has 0 radical (unpaired) electrons. The Balaban J connectivity index is 2.24. The molecule has 7 nitrogen and oxygen atoms in total. The third-order valence-corrected chi connectivity index (χ3v) is 4.16. The van der Waals surface area contributed by atoms with Crippen LogP contribution in [0.25, 0.3) is 6.08 Å². The number of ether oxygens (including phenoxy) is 3. The number of benzene rings is 1. The van der Waals surface area contributed by atoms with Gasteiger partial charge in [-0.3, -0.25) is 19.3 Å². The number of hydrogen-bond acceptors (Lipinski definition) is 7. The predicted molar refractivity (Wildman–Crippen MR) is 93.5 cm³/mol. The fraction of sp³-hybridized carbons (Fsp3) is 0.353. The molecule has 0 aromatic heterocycles. The molecule has 1 heterocycles. The zero-order chi connectivity index (χ0) is 18.6. The van der Waals surface area contributed by atoms with Crippen molar-refractivity contribution in [2.45, 2.75) is 20.0 Å². The Bertz CT molecular complexity index is 728. The van der Waals surface area contributed by atoms with Crippen molar-refractivity contribution in [1.82, 2.24) is 4.90 Å². The van der Waals surface area contributed by atoms with E-state index in [1.54, 1.807) is 38.1 Å². The smallest absolute Gasteiger partial charge is 0.326 e. The first-order valence-electron chi connectivity index (χ1n) is 7.52. The summed E-state index contributed by atoms with van der Waals surface area (Å²) in [6, 6.07) is 5.12. The van der Waals surface area contributed by atoms with Gasteiger partial charge in [-0.1, -0.05) is 0 Å². The molecule has 2 rings (SSSR count). The maximum atomic E-state index is 12.4. The topological polar surface area (TPSA) is 82.1 Å². The number of imide groups is 1. The number of rotatable bonds is 6. The SMILES string of the molecule is COc1ccc(OC)c(/C=C2\SC(=O)N(CC(=O)OC(C)C)C2=O)c1. The quantitative estimate of drug-likeness (QED) is 0.566. The Morgan fingerprint density at radius 3 is 2.56 bits per heavy atom. The van der Waals surface area contributed by atoms with E-state index in [9.17, 15) is 14.4 Å². The molecule has 25 heavy (non-hydrogen) atoms. The van der Waals surface area contributed by atoms with E-state index in [1.165, 1.54) is 14.2 Å². The van der Waals surface area contributed by atoms with Crippen molar-refractivity contribution in [3.63, 3.8) is 0 Å². The fourth-order valence-electron chi connectivity index (χ4n) is 2.16. The first-order valence-corrected chi connectivity index (χ1v) is 8.34. The van der Waals surface area contributed by atoms with Gasteiger partial charge in [0.1, 0.15) is 18.0 Å². The summed E-state index contributed by atoms with van der Waals surface area (Å²) in [5.74, 6) is -0.0447. The van der Waals surface area contributed by atoms with Crippen LogP contribution in [0.5, 0.6) is 11.5 Å². The lowest BCUT2D eigenvalue weighted by atomic mass is 10.1. The van der Waals surface area contributed by atoms with Gasteiger partial charge in [0, 0.05) is 5.56 Å². The number of nitrogens with zero attached hydrogens (tertiary/aromatic N) is 1. The molecular formula is C17H19NO6S. The van der Waals surface area contributed by atoms with E-state index >= 15 is 0 Å². The van der Waals surface area contributed by atoms with Gasteiger partial charge in [0.2, 0.25) is 0 Å². The lowest BCUT2D eigenvalue weighted by Crippen LogP contribution is -2.35. The van der Waals surface area contributed by atoms with Crippen LogP contribution in [0.2, 0.25) is 0 Å². The van der Waals surface area contributed by atoms with Gasteiger partial charge in [-0.25, -0.2) is 0 Å². The molecule has 8 heteroatoms. The van der Waals surface area contributed by atoms with E-state index in [2.05, 4.69) is 0 Å². The van der Waals surface area contributed by atoms with E-state index in [4.69, 9.17) is 14.2 Å². The molecule has 1 fully saturated rings. The third-order valence-electron chi connectivity index (χ3n) is 3.25. The van der Waals surface area contributed by atoms with Crippen molar-refractivity contribution in [1.29, 1.82) is 0 Å². The standard InChI is InChI=1S/C17H19NO6S/c1-10(2)24-15(19)9-18-16(20)14(25-17(18)21)8-11-7-12(22-3)5-6-13(11)23-4/h5-8,10H,9H2,1-4H3/b14-8-. The minimum atomic E-state index is -0.627. The zero-order valence-corrected chi connectivity index (χ0v) is 15.2. The highest BCUT2D eigenvalue weighted by atomic mass is 32.2. The lowest BCUT2D eigenvalue weighted by molar-refractivity contribution is -0.149. The average Bonchev–Trinajstić information content (AvgIpc) is 2.81. The highest BCUT2D eigenvalue weighted by Crippen LogP contribution is 2.35. The molecule has 0 bridgehead atoms. The van der Waals surface area contributed by atoms with Gasteiger partial charge >= 0.3 is 5.97 Å². The fourth-order valence-corrected chi connectivity index (χ4v) is 2.99. The minimum absolute atomic E-state index is 0.203. The lowest BCUT2D eigenvalue weighted by Gasteiger charge is -2.13.